The molecule has 33 heavy (non-hydrogen) atoms. The highest BCUT2D eigenvalue weighted by molar-refractivity contribution is 7.92. The van der Waals surface area contributed by atoms with Gasteiger partial charge in [-0.25, -0.2) is 17.2 Å². The summed E-state index contributed by atoms with van der Waals surface area (Å²) in [5.41, 5.74) is 3.27. The first-order chi connectivity index (χ1) is 15.5. The summed E-state index contributed by atoms with van der Waals surface area (Å²) in [6.45, 7) is 6.31. The fraction of sp³-hybridized carbons (Fsp3) is 0.208. The molecular weight excluding hydrogens is 470 g/mol. The van der Waals surface area contributed by atoms with E-state index in [1.54, 1.807) is 0 Å². The number of amides is 1. The van der Waals surface area contributed by atoms with Gasteiger partial charge < -0.3 is 5.32 Å². The first-order valence-corrected chi connectivity index (χ1v) is 12.0. The van der Waals surface area contributed by atoms with Crippen LogP contribution in [0.25, 0.3) is 0 Å². The number of halogens is 3. The minimum Gasteiger partial charge on any atom is -0.351 e. The van der Waals surface area contributed by atoms with E-state index in [1.807, 2.05) is 32.9 Å². The Bertz CT molecular complexity index is 1310. The van der Waals surface area contributed by atoms with Crippen LogP contribution in [0.5, 0.6) is 0 Å². The molecular formula is C24H23ClF2N2O3S. The molecule has 0 aliphatic rings. The van der Waals surface area contributed by atoms with Crippen molar-refractivity contribution in [2.45, 2.75) is 31.6 Å². The second-order valence-electron chi connectivity index (χ2n) is 7.82. The van der Waals surface area contributed by atoms with Gasteiger partial charge >= 0.3 is 0 Å². The first kappa shape index (κ1) is 24.7. The largest absolute Gasteiger partial charge is 0.351 e. The molecule has 0 radical (unpaired) electrons. The predicted molar refractivity (Wildman–Crippen MR) is 125 cm³/mol. The van der Waals surface area contributed by atoms with Crippen molar-refractivity contribution in [2.75, 3.05) is 11.3 Å². The third-order valence-corrected chi connectivity index (χ3v) is 6.96. The first-order valence-electron chi connectivity index (χ1n) is 10.1. The maximum Gasteiger partial charge on any atom is 0.264 e. The fourth-order valence-electron chi connectivity index (χ4n) is 3.22. The minimum absolute atomic E-state index is 0.00834. The van der Waals surface area contributed by atoms with Gasteiger partial charge in [-0.05, 0) is 66.8 Å². The van der Waals surface area contributed by atoms with Crippen molar-refractivity contribution in [3.63, 3.8) is 0 Å². The van der Waals surface area contributed by atoms with Gasteiger partial charge in [-0.1, -0.05) is 36.7 Å². The van der Waals surface area contributed by atoms with Crippen LogP contribution in [-0.2, 0) is 10.0 Å². The van der Waals surface area contributed by atoms with Crippen molar-refractivity contribution < 1.29 is 22.0 Å². The second kappa shape index (κ2) is 9.89. The molecule has 1 unspecified atom stereocenters. The zero-order valence-corrected chi connectivity index (χ0v) is 19.8. The Kier molecular flexibility index (Phi) is 7.39. The molecule has 3 rings (SSSR count). The van der Waals surface area contributed by atoms with Crippen molar-refractivity contribution in [1.29, 1.82) is 0 Å². The zero-order valence-electron chi connectivity index (χ0n) is 18.2. The molecule has 0 aromatic heterocycles. The molecule has 2 N–H and O–H groups in total. The molecule has 0 aliphatic carbocycles. The van der Waals surface area contributed by atoms with E-state index in [9.17, 15) is 22.0 Å². The normalized spacial score (nSPS) is 12.3. The lowest BCUT2D eigenvalue weighted by atomic mass is 9.97. The van der Waals surface area contributed by atoms with Crippen molar-refractivity contribution in [3.05, 3.63) is 93.5 Å². The molecule has 0 saturated heterocycles. The standard InChI is InChI=1S/C24H23ClF2N2O3S/c1-14-4-5-17(10-15(14)2)16(3)13-28-24(30)20-8-6-18(25)11-22(20)29-33(31,32)23-9-7-19(26)12-21(23)27/h4-12,16,29H,13H2,1-3H3,(H,28,30). The minimum atomic E-state index is -4.45. The molecule has 0 heterocycles. The average Bonchev–Trinajstić information content (AvgIpc) is 2.73. The average molecular weight is 493 g/mol. The number of hydrogen-bond donors (Lipinski definition) is 2. The van der Waals surface area contributed by atoms with Crippen LogP contribution < -0.4 is 10.0 Å². The van der Waals surface area contributed by atoms with Gasteiger partial charge in [0.1, 0.15) is 16.5 Å². The number of nitrogens with one attached hydrogen (secondary N) is 2. The van der Waals surface area contributed by atoms with Crippen LogP contribution in [0.3, 0.4) is 0 Å². The highest BCUT2D eigenvalue weighted by Gasteiger charge is 2.23. The Balaban J connectivity index is 1.81. The Morgan fingerprint density at radius 3 is 2.39 bits per heavy atom. The summed E-state index contributed by atoms with van der Waals surface area (Å²) in [4.78, 5) is 12.1. The lowest BCUT2D eigenvalue weighted by Gasteiger charge is -2.17. The maximum atomic E-state index is 14.0. The molecule has 0 fully saturated rings. The summed E-state index contributed by atoms with van der Waals surface area (Å²) < 4.78 is 54.8. The Morgan fingerprint density at radius 1 is 1.00 bits per heavy atom. The molecule has 0 aliphatic heterocycles. The van der Waals surface area contributed by atoms with E-state index in [-0.39, 0.29) is 22.2 Å². The van der Waals surface area contributed by atoms with Gasteiger partial charge in [0.05, 0.1) is 11.3 Å². The molecule has 0 saturated carbocycles. The van der Waals surface area contributed by atoms with Gasteiger partial charge in [0, 0.05) is 17.6 Å². The van der Waals surface area contributed by atoms with E-state index in [4.69, 9.17) is 11.6 Å². The summed E-state index contributed by atoms with van der Waals surface area (Å²) in [6, 6.07) is 12.3. The topological polar surface area (TPSA) is 75.3 Å². The smallest absolute Gasteiger partial charge is 0.264 e. The van der Waals surface area contributed by atoms with Crippen molar-refractivity contribution in [3.8, 4) is 0 Å². The number of rotatable bonds is 7. The van der Waals surface area contributed by atoms with Crippen LogP contribution in [0.15, 0.2) is 59.5 Å². The highest BCUT2D eigenvalue weighted by atomic mass is 35.5. The quantitative estimate of drug-likeness (QED) is 0.453. The van der Waals surface area contributed by atoms with Gasteiger partial charge in [0.15, 0.2) is 0 Å². The van der Waals surface area contributed by atoms with Crippen LogP contribution in [0.2, 0.25) is 5.02 Å². The lowest BCUT2D eigenvalue weighted by molar-refractivity contribution is 0.0952. The number of benzene rings is 3. The van der Waals surface area contributed by atoms with Crippen LogP contribution in [-0.4, -0.2) is 20.9 Å². The molecule has 1 amide bonds. The lowest BCUT2D eigenvalue weighted by Crippen LogP contribution is -2.29. The number of carbonyl (C=O) groups excluding carboxylic acids is 1. The summed E-state index contributed by atoms with van der Waals surface area (Å²) in [5, 5.41) is 2.97. The summed E-state index contributed by atoms with van der Waals surface area (Å²) in [5.74, 6) is -2.68. The SMILES string of the molecule is Cc1ccc(C(C)CNC(=O)c2ccc(Cl)cc2NS(=O)(=O)c2ccc(F)cc2F)cc1C. The summed E-state index contributed by atoms with van der Waals surface area (Å²) in [7, 11) is -4.45. The molecule has 5 nitrogen and oxygen atoms in total. The Hall–Kier alpha value is -2.97. The predicted octanol–water partition coefficient (Wildman–Crippen LogP) is 5.57. The van der Waals surface area contributed by atoms with Crippen LogP contribution in [0.1, 0.15) is 39.9 Å². The van der Waals surface area contributed by atoms with E-state index in [0.29, 0.717) is 12.6 Å². The van der Waals surface area contributed by atoms with E-state index >= 15 is 0 Å². The number of carbonyl (C=O) groups is 1. The fourth-order valence-corrected chi connectivity index (χ4v) is 4.53. The molecule has 3 aromatic carbocycles. The van der Waals surface area contributed by atoms with Gasteiger partial charge in [-0.15, -0.1) is 0 Å². The monoisotopic (exact) mass is 492 g/mol. The molecule has 9 heteroatoms. The molecule has 0 spiro atoms. The van der Waals surface area contributed by atoms with Crippen LogP contribution in [0.4, 0.5) is 14.5 Å². The number of hydrogen-bond acceptors (Lipinski definition) is 3. The Labute approximate surface area is 196 Å². The van der Waals surface area contributed by atoms with E-state index in [2.05, 4.69) is 16.1 Å². The molecule has 0 bridgehead atoms. The number of anilines is 1. The van der Waals surface area contributed by atoms with Gasteiger partial charge in [0.25, 0.3) is 15.9 Å². The van der Waals surface area contributed by atoms with Crippen LogP contribution in [0, 0.1) is 25.5 Å². The summed E-state index contributed by atoms with van der Waals surface area (Å²) >= 11 is 5.99. The third kappa shape index (κ3) is 5.89. The second-order valence-corrected chi connectivity index (χ2v) is 9.91. The maximum absolute atomic E-state index is 14.0. The number of aryl methyl sites for hydroxylation is 2. The van der Waals surface area contributed by atoms with E-state index in [0.717, 1.165) is 23.3 Å². The third-order valence-electron chi connectivity index (χ3n) is 5.32. The van der Waals surface area contributed by atoms with Crippen molar-refractivity contribution in [1.82, 2.24) is 5.32 Å². The highest BCUT2D eigenvalue weighted by Crippen LogP contribution is 2.26. The summed E-state index contributed by atoms with van der Waals surface area (Å²) in [6.07, 6.45) is 0. The van der Waals surface area contributed by atoms with Gasteiger partial charge in [0.2, 0.25) is 0 Å². The Morgan fingerprint density at radius 2 is 1.73 bits per heavy atom. The molecule has 1 atom stereocenters. The molecule has 174 valence electrons. The van der Waals surface area contributed by atoms with E-state index in [1.165, 1.54) is 23.8 Å². The van der Waals surface area contributed by atoms with Crippen molar-refractivity contribution in [2.24, 2.45) is 0 Å². The van der Waals surface area contributed by atoms with E-state index < -0.39 is 32.5 Å². The number of sulfonamides is 1. The van der Waals surface area contributed by atoms with Crippen LogP contribution >= 0.6 is 11.6 Å². The van der Waals surface area contributed by atoms with Crippen molar-refractivity contribution >= 4 is 33.2 Å². The van der Waals surface area contributed by atoms with Gasteiger partial charge in [-0.3, -0.25) is 9.52 Å². The molecule has 3 aromatic rings. The zero-order chi connectivity index (χ0) is 24.3. The van der Waals surface area contributed by atoms with Gasteiger partial charge in [-0.2, -0.15) is 0 Å².